The van der Waals surface area contributed by atoms with Gasteiger partial charge in [0, 0.05) is 6.07 Å². The van der Waals surface area contributed by atoms with Gasteiger partial charge in [0.1, 0.15) is 11.5 Å². The van der Waals surface area contributed by atoms with Crippen LogP contribution in [0.15, 0.2) is 12.6 Å². The van der Waals surface area contributed by atoms with Crippen LogP contribution < -0.4 is 0 Å². The molecule has 0 saturated carbocycles. The number of halogens is 1. The number of ether oxygens (including phenoxy) is 2. The lowest BCUT2D eigenvalue weighted by Crippen LogP contribution is -2.07. The van der Waals surface area contributed by atoms with Crippen molar-refractivity contribution < 1.29 is 14.3 Å². The van der Waals surface area contributed by atoms with E-state index in [1.165, 1.54) is 13.2 Å². The molecule has 0 aliphatic carbocycles. The Morgan fingerprint density at radius 1 is 1.39 bits per heavy atom. The molecule has 1 heterocycles. The summed E-state index contributed by atoms with van der Waals surface area (Å²) in [5, 5.41) is -0.0567. The van der Waals surface area contributed by atoms with Gasteiger partial charge in [-0.25, -0.2) is 14.8 Å². The molecule has 0 spiro atoms. The summed E-state index contributed by atoms with van der Waals surface area (Å²) < 4.78 is 9.68. The Hall–Kier alpha value is -1.62. The maximum atomic E-state index is 11.3. The number of hydrogen-bond donors (Lipinski definition) is 0. The van der Waals surface area contributed by atoms with Crippen molar-refractivity contribution in [2.24, 2.45) is 0 Å². The van der Waals surface area contributed by atoms with Gasteiger partial charge in [-0.3, -0.25) is 0 Å². The smallest absolute Gasteiger partial charge is 0.356 e. The molecule has 1 aromatic heterocycles. The number of hydrogen-bond acceptors (Lipinski definition) is 5. The van der Waals surface area contributed by atoms with Gasteiger partial charge in [-0.15, -0.1) is 0 Å². The van der Waals surface area contributed by atoms with Crippen LogP contribution in [0, 0.1) is 0 Å². The zero-order valence-corrected chi connectivity index (χ0v) is 11.7. The van der Waals surface area contributed by atoms with Crippen molar-refractivity contribution in [1.82, 2.24) is 9.97 Å². The van der Waals surface area contributed by atoms with E-state index in [0.29, 0.717) is 18.1 Å². The van der Waals surface area contributed by atoms with Crippen molar-refractivity contribution in [2.75, 3.05) is 13.7 Å². The number of carbonyl (C=O) groups excluding carboxylic acids is 1. The van der Waals surface area contributed by atoms with E-state index in [1.807, 2.05) is 20.8 Å². The fraction of sp³-hybridized carbons (Fsp3) is 0.417. The van der Waals surface area contributed by atoms with E-state index >= 15 is 0 Å². The van der Waals surface area contributed by atoms with Crippen molar-refractivity contribution in [1.29, 1.82) is 0 Å². The summed E-state index contributed by atoms with van der Waals surface area (Å²) in [6.45, 7) is 9.93. The molecule has 0 atom stereocenters. The maximum Gasteiger partial charge on any atom is 0.356 e. The molecule has 0 unspecified atom stereocenters. The molecular weight excluding hydrogens is 256 g/mol. The summed E-state index contributed by atoms with van der Waals surface area (Å²) in [6.07, 6.45) is 0. The Kier molecular flexibility index (Phi) is 7.71. The zero-order valence-electron chi connectivity index (χ0n) is 11.0. The standard InChI is InChI=1S/C10H11ClN2O3.C2H6/c1-4-16-6(2)7-5-8(9(14)15-3)13-10(11)12-7;1-2/h5H,2,4H2,1,3H3;1-2H3. The average molecular weight is 273 g/mol. The van der Waals surface area contributed by atoms with Crippen LogP contribution in [0.3, 0.4) is 0 Å². The number of methoxy groups -OCH3 is 1. The van der Waals surface area contributed by atoms with Gasteiger partial charge in [-0.2, -0.15) is 0 Å². The minimum Gasteiger partial charge on any atom is -0.492 e. The Morgan fingerprint density at radius 3 is 2.44 bits per heavy atom. The molecule has 5 nitrogen and oxygen atoms in total. The number of carbonyl (C=O) groups is 1. The van der Waals surface area contributed by atoms with E-state index in [2.05, 4.69) is 21.3 Å². The van der Waals surface area contributed by atoms with Crippen LogP contribution in [0.1, 0.15) is 37.0 Å². The highest BCUT2D eigenvalue weighted by atomic mass is 35.5. The maximum absolute atomic E-state index is 11.3. The largest absolute Gasteiger partial charge is 0.492 e. The predicted octanol–water partition coefficient (Wildman–Crippen LogP) is 2.95. The molecule has 0 aliphatic rings. The van der Waals surface area contributed by atoms with Crippen LogP contribution in [0.2, 0.25) is 5.28 Å². The highest BCUT2D eigenvalue weighted by molar-refractivity contribution is 6.28. The molecule has 0 bridgehead atoms. The van der Waals surface area contributed by atoms with E-state index < -0.39 is 5.97 Å². The Morgan fingerprint density at radius 2 is 1.94 bits per heavy atom. The van der Waals surface area contributed by atoms with Crippen LogP contribution in [-0.4, -0.2) is 29.7 Å². The van der Waals surface area contributed by atoms with Gasteiger partial charge in [0.2, 0.25) is 5.28 Å². The van der Waals surface area contributed by atoms with Gasteiger partial charge in [0.05, 0.1) is 13.7 Å². The third-order valence-electron chi connectivity index (χ3n) is 1.70. The van der Waals surface area contributed by atoms with Crippen molar-refractivity contribution in [2.45, 2.75) is 20.8 Å². The normalized spacial score (nSPS) is 8.94. The van der Waals surface area contributed by atoms with E-state index in [9.17, 15) is 4.79 Å². The third kappa shape index (κ3) is 4.71. The van der Waals surface area contributed by atoms with Gasteiger partial charge >= 0.3 is 5.97 Å². The molecule has 0 aromatic carbocycles. The Bertz CT molecular complexity index is 422. The van der Waals surface area contributed by atoms with E-state index in [-0.39, 0.29) is 11.0 Å². The van der Waals surface area contributed by atoms with E-state index in [4.69, 9.17) is 16.3 Å². The second kappa shape index (κ2) is 8.47. The monoisotopic (exact) mass is 272 g/mol. The van der Waals surface area contributed by atoms with E-state index in [1.54, 1.807) is 0 Å². The van der Waals surface area contributed by atoms with Crippen LogP contribution >= 0.6 is 11.6 Å². The first-order valence-corrected chi connectivity index (χ1v) is 5.91. The van der Waals surface area contributed by atoms with Crippen LogP contribution in [0.25, 0.3) is 5.76 Å². The van der Waals surface area contributed by atoms with Gasteiger partial charge in [-0.05, 0) is 18.5 Å². The molecule has 18 heavy (non-hydrogen) atoms. The summed E-state index contributed by atoms with van der Waals surface area (Å²) in [5.74, 6) is -0.258. The molecule has 0 saturated heterocycles. The Labute approximate surface area is 112 Å². The van der Waals surface area contributed by atoms with Crippen LogP contribution in [-0.2, 0) is 9.47 Å². The van der Waals surface area contributed by atoms with Gasteiger partial charge < -0.3 is 9.47 Å². The highest BCUT2D eigenvalue weighted by Gasteiger charge is 2.13. The molecule has 0 N–H and O–H groups in total. The third-order valence-corrected chi connectivity index (χ3v) is 1.87. The highest BCUT2D eigenvalue weighted by Crippen LogP contribution is 2.15. The predicted molar refractivity (Wildman–Crippen MR) is 70.4 cm³/mol. The summed E-state index contributed by atoms with van der Waals surface area (Å²) in [7, 11) is 1.26. The van der Waals surface area contributed by atoms with Crippen LogP contribution in [0.4, 0.5) is 0 Å². The summed E-state index contributed by atoms with van der Waals surface area (Å²) >= 11 is 5.67. The molecule has 1 aromatic rings. The molecule has 0 amide bonds. The van der Waals surface area contributed by atoms with Gasteiger partial charge in [0.15, 0.2) is 5.69 Å². The first-order chi connectivity index (χ1) is 8.58. The van der Waals surface area contributed by atoms with Crippen molar-refractivity contribution >= 4 is 23.3 Å². The lowest BCUT2D eigenvalue weighted by molar-refractivity contribution is 0.0593. The minimum atomic E-state index is -0.588. The summed E-state index contributed by atoms with van der Waals surface area (Å²) in [4.78, 5) is 18.9. The molecule has 0 radical (unpaired) electrons. The van der Waals surface area contributed by atoms with Crippen LogP contribution in [0.5, 0.6) is 0 Å². The molecule has 6 heteroatoms. The number of nitrogens with zero attached hydrogens (tertiary/aromatic N) is 2. The fourth-order valence-electron chi connectivity index (χ4n) is 1.02. The van der Waals surface area contributed by atoms with E-state index in [0.717, 1.165) is 0 Å². The number of aromatic nitrogens is 2. The fourth-order valence-corrected chi connectivity index (χ4v) is 1.20. The summed E-state index contributed by atoms with van der Waals surface area (Å²) in [5.41, 5.74) is 0.431. The second-order valence-corrected chi connectivity index (χ2v) is 3.09. The first-order valence-electron chi connectivity index (χ1n) is 5.53. The lowest BCUT2D eigenvalue weighted by Gasteiger charge is -2.07. The van der Waals surface area contributed by atoms with Gasteiger partial charge in [0.25, 0.3) is 0 Å². The zero-order chi connectivity index (χ0) is 14.1. The minimum absolute atomic E-state index is 0.0567. The topological polar surface area (TPSA) is 61.3 Å². The number of rotatable bonds is 4. The molecule has 0 aliphatic heterocycles. The molecule has 100 valence electrons. The summed E-state index contributed by atoms with van der Waals surface area (Å²) in [6, 6.07) is 1.41. The SMILES string of the molecule is C=C(OCC)c1cc(C(=O)OC)nc(Cl)n1.CC. The van der Waals surface area contributed by atoms with Crippen molar-refractivity contribution in [3.05, 3.63) is 29.3 Å². The van der Waals surface area contributed by atoms with Crippen molar-refractivity contribution in [3.63, 3.8) is 0 Å². The quantitative estimate of drug-likeness (QED) is 0.479. The lowest BCUT2D eigenvalue weighted by atomic mass is 10.3. The van der Waals surface area contributed by atoms with Crippen molar-refractivity contribution in [3.8, 4) is 0 Å². The second-order valence-electron chi connectivity index (χ2n) is 2.76. The molecular formula is C12H17ClN2O3. The average Bonchev–Trinajstić information content (AvgIpc) is 2.39. The first kappa shape index (κ1) is 16.4. The Balaban J connectivity index is 0.00000137. The van der Waals surface area contributed by atoms with Gasteiger partial charge in [-0.1, -0.05) is 20.4 Å². The molecule has 0 fully saturated rings. The number of esters is 1. The molecule has 1 rings (SSSR count).